The molecule has 0 aromatic carbocycles. The average molecular weight is 522 g/mol. The number of hydrogen-bond donors (Lipinski definition) is 0. The summed E-state index contributed by atoms with van der Waals surface area (Å²) in [5.41, 5.74) is 0. The molecule has 0 aromatic rings. The van der Waals surface area contributed by atoms with Gasteiger partial charge in [0.15, 0.2) is 0 Å². The number of unbranched alkanes of at least 4 members (excludes halogenated alkanes) is 3. The Morgan fingerprint density at radius 2 is 0.686 bits per heavy atom. The van der Waals surface area contributed by atoms with Gasteiger partial charge in [-0.05, 0) is 19.3 Å². The van der Waals surface area contributed by atoms with Gasteiger partial charge in [-0.1, -0.05) is 40.0 Å². The molecule has 0 saturated carbocycles. The first kappa shape index (κ1) is 35.0. The van der Waals surface area contributed by atoms with Crippen LogP contribution in [0.25, 0.3) is 0 Å². The molecule has 0 aromatic heterocycles. The van der Waals surface area contributed by atoms with Gasteiger partial charge in [0.2, 0.25) is 0 Å². The highest BCUT2D eigenvalue weighted by Crippen LogP contribution is 2.18. The molecular weight excluding hydrogens is 461 g/mol. The fraction of sp³-hybridized carbons (Fsp3) is 1.00. The Labute approximate surface area is 218 Å². The standard InChI is InChI=1S/3C9H20N.H3O4P/c3*1-3-4-7-10(2)8-5-6-9-10;1-5(2,3)4/h3*3-9H2,1-2H3;(H3,1,2,3,4)/q3*+1;/p-3. The zero-order valence-electron chi connectivity index (χ0n) is 24.3. The van der Waals surface area contributed by atoms with Crippen molar-refractivity contribution in [3.05, 3.63) is 0 Å². The molecule has 3 aliphatic heterocycles. The molecule has 3 rings (SSSR count). The van der Waals surface area contributed by atoms with E-state index in [2.05, 4.69) is 41.9 Å². The Bertz CT molecular complexity index is 483. The zero-order valence-corrected chi connectivity index (χ0v) is 25.2. The Balaban J connectivity index is 0.000000453. The summed E-state index contributed by atoms with van der Waals surface area (Å²) >= 11 is 0. The first-order valence-corrected chi connectivity index (χ1v) is 16.0. The molecule has 3 fully saturated rings. The van der Waals surface area contributed by atoms with Crippen molar-refractivity contribution in [1.82, 2.24) is 0 Å². The van der Waals surface area contributed by atoms with Gasteiger partial charge in [-0.2, -0.15) is 7.82 Å². The fourth-order valence-corrected chi connectivity index (χ4v) is 5.59. The zero-order chi connectivity index (χ0) is 26.8. The highest BCUT2D eigenvalue weighted by atomic mass is 31.2. The monoisotopic (exact) mass is 521 g/mol. The van der Waals surface area contributed by atoms with Gasteiger partial charge in [0.05, 0.1) is 80.0 Å². The number of hydrogen-bond acceptors (Lipinski definition) is 4. The van der Waals surface area contributed by atoms with E-state index >= 15 is 0 Å². The third-order valence-electron chi connectivity index (χ3n) is 8.09. The SMILES string of the molecule is CCCC[N+]1(C)CCCC1.CCCC[N+]1(C)CCCC1.CCCC[N+]1(C)CCCC1.O=P([O-])([O-])[O-]. The maximum Gasteiger partial charge on any atom is 0.0786 e. The van der Waals surface area contributed by atoms with E-state index in [4.69, 9.17) is 19.2 Å². The van der Waals surface area contributed by atoms with E-state index in [1.165, 1.54) is 149 Å². The van der Waals surface area contributed by atoms with Crippen LogP contribution in [-0.2, 0) is 4.57 Å². The third kappa shape index (κ3) is 19.7. The van der Waals surface area contributed by atoms with Gasteiger partial charge in [0.1, 0.15) is 0 Å². The summed E-state index contributed by atoms with van der Waals surface area (Å²) in [6, 6.07) is 0. The predicted molar refractivity (Wildman–Crippen MR) is 142 cm³/mol. The number of nitrogens with zero attached hydrogens (tertiary/aromatic N) is 3. The van der Waals surface area contributed by atoms with E-state index in [-0.39, 0.29) is 0 Å². The Hall–Kier alpha value is -0.0100. The fourth-order valence-electron chi connectivity index (χ4n) is 5.59. The molecule has 3 heterocycles. The van der Waals surface area contributed by atoms with Crippen molar-refractivity contribution in [3.8, 4) is 0 Å². The van der Waals surface area contributed by atoms with Crippen molar-refractivity contribution in [2.75, 3.05) is 80.0 Å². The second kappa shape index (κ2) is 18.3. The lowest BCUT2D eigenvalue weighted by atomic mass is 10.3. The van der Waals surface area contributed by atoms with E-state index in [1.54, 1.807) is 0 Å². The van der Waals surface area contributed by atoms with Gasteiger partial charge in [0, 0.05) is 38.5 Å². The van der Waals surface area contributed by atoms with E-state index in [0.29, 0.717) is 0 Å². The first-order valence-electron chi connectivity index (χ1n) is 14.5. The number of quaternary nitrogens is 3. The summed E-state index contributed by atoms with van der Waals surface area (Å²) in [5.74, 6) is 0. The molecule has 0 bridgehead atoms. The topological polar surface area (TPSA) is 86.2 Å². The van der Waals surface area contributed by atoms with Crippen LogP contribution in [0.5, 0.6) is 0 Å². The molecule has 0 atom stereocenters. The van der Waals surface area contributed by atoms with Crippen LogP contribution in [0.4, 0.5) is 0 Å². The summed E-state index contributed by atoms with van der Waals surface area (Å²) in [5, 5.41) is 0. The van der Waals surface area contributed by atoms with Crippen molar-refractivity contribution >= 4 is 7.82 Å². The predicted octanol–water partition coefficient (Wildman–Crippen LogP) is 3.26. The molecule has 0 unspecified atom stereocenters. The molecule has 0 aliphatic carbocycles. The van der Waals surface area contributed by atoms with E-state index in [1.807, 2.05) is 0 Å². The van der Waals surface area contributed by atoms with Crippen molar-refractivity contribution in [2.24, 2.45) is 0 Å². The van der Waals surface area contributed by atoms with Crippen molar-refractivity contribution < 1.29 is 32.7 Å². The Morgan fingerprint density at radius 3 is 0.829 bits per heavy atom. The smallest absolute Gasteiger partial charge is 0.0786 e. The van der Waals surface area contributed by atoms with Gasteiger partial charge in [-0.25, -0.2) is 0 Å². The molecule has 0 amide bonds. The van der Waals surface area contributed by atoms with Crippen LogP contribution in [0.15, 0.2) is 0 Å². The van der Waals surface area contributed by atoms with Gasteiger partial charge in [0.25, 0.3) is 0 Å². The average Bonchev–Trinajstić information content (AvgIpc) is 3.52. The summed E-state index contributed by atoms with van der Waals surface area (Å²) in [6.45, 7) is 19.7. The van der Waals surface area contributed by atoms with Crippen molar-refractivity contribution in [3.63, 3.8) is 0 Å². The molecule has 3 saturated heterocycles. The number of rotatable bonds is 9. The molecule has 0 N–H and O–H groups in total. The first-order chi connectivity index (χ1) is 16.3. The highest BCUT2D eigenvalue weighted by molar-refractivity contribution is 7.40. The van der Waals surface area contributed by atoms with Crippen LogP contribution in [0.3, 0.4) is 0 Å². The minimum atomic E-state index is -5.39. The normalized spacial score (nSPS) is 21.7. The molecule has 8 heteroatoms. The van der Waals surface area contributed by atoms with Gasteiger partial charge in [-0.15, -0.1) is 0 Å². The van der Waals surface area contributed by atoms with Crippen LogP contribution in [0, 0.1) is 0 Å². The highest BCUT2D eigenvalue weighted by Gasteiger charge is 2.26. The van der Waals surface area contributed by atoms with Gasteiger partial charge >= 0.3 is 0 Å². The Kier molecular flexibility index (Phi) is 18.3. The molecule has 7 nitrogen and oxygen atoms in total. The Morgan fingerprint density at radius 1 is 0.514 bits per heavy atom. The maximum atomic E-state index is 8.55. The van der Waals surface area contributed by atoms with Crippen molar-refractivity contribution in [2.45, 2.75) is 97.8 Å². The summed E-state index contributed by atoms with van der Waals surface area (Å²) in [7, 11) is 1.83. The second-order valence-electron chi connectivity index (χ2n) is 12.0. The minimum Gasteiger partial charge on any atom is -0.822 e. The van der Waals surface area contributed by atoms with Gasteiger partial charge < -0.3 is 32.7 Å². The molecule has 212 valence electrons. The molecule has 0 spiro atoms. The lowest BCUT2D eigenvalue weighted by Gasteiger charge is -2.36. The van der Waals surface area contributed by atoms with Crippen molar-refractivity contribution in [1.29, 1.82) is 0 Å². The summed E-state index contributed by atoms with van der Waals surface area (Å²) < 4.78 is 12.6. The lowest BCUT2D eigenvalue weighted by Crippen LogP contribution is -2.41. The third-order valence-corrected chi connectivity index (χ3v) is 8.09. The second-order valence-corrected chi connectivity index (χ2v) is 12.9. The van der Waals surface area contributed by atoms with Gasteiger partial charge in [-0.3, -0.25) is 0 Å². The molecule has 35 heavy (non-hydrogen) atoms. The quantitative estimate of drug-likeness (QED) is 0.344. The molecular formula is C27H60N3O4P. The molecule has 0 radical (unpaired) electrons. The van der Waals surface area contributed by atoms with Crippen LogP contribution >= 0.6 is 7.82 Å². The van der Waals surface area contributed by atoms with E-state index in [9.17, 15) is 0 Å². The van der Waals surface area contributed by atoms with Crippen LogP contribution in [0.2, 0.25) is 0 Å². The number of likely N-dealkylation sites (tertiary alicyclic amines) is 3. The summed E-state index contributed by atoms with van der Waals surface area (Å²) in [4.78, 5) is 25.6. The largest absolute Gasteiger partial charge is 0.822 e. The van der Waals surface area contributed by atoms with E-state index in [0.717, 1.165) is 0 Å². The minimum absolute atomic E-state index is 1.36. The number of phosphoric acid groups is 1. The van der Waals surface area contributed by atoms with Crippen LogP contribution < -0.4 is 14.7 Å². The van der Waals surface area contributed by atoms with Crippen LogP contribution in [0.1, 0.15) is 97.8 Å². The van der Waals surface area contributed by atoms with E-state index < -0.39 is 7.82 Å². The maximum absolute atomic E-state index is 8.55. The van der Waals surface area contributed by atoms with Crippen LogP contribution in [-0.4, -0.2) is 93.5 Å². The lowest BCUT2D eigenvalue weighted by molar-refractivity contribution is -0.897. The summed E-state index contributed by atoms with van der Waals surface area (Å²) in [6.07, 6.45) is 17.1. The molecule has 3 aliphatic rings.